The van der Waals surface area contributed by atoms with Crippen LogP contribution in [0.1, 0.15) is 285 Å². The number of carboxylic acid groups (broad SMARTS) is 2. The topological polar surface area (TPSA) is 418 Å². The van der Waals surface area contributed by atoms with E-state index in [-0.39, 0.29) is 81.0 Å². The zero-order valence-corrected chi connectivity index (χ0v) is 90.7. The van der Waals surface area contributed by atoms with Crippen LogP contribution in [-0.2, 0) is 80.9 Å². The summed E-state index contributed by atoms with van der Waals surface area (Å²) in [6.45, 7) is 60.1. The van der Waals surface area contributed by atoms with Crippen LogP contribution in [0.4, 0.5) is 22.7 Å². The molecule has 3 fully saturated rings. The molecule has 3 amide bonds. The van der Waals surface area contributed by atoms with Crippen LogP contribution >= 0.6 is 45.3 Å². The van der Waals surface area contributed by atoms with E-state index >= 15 is 0 Å². The maximum atomic E-state index is 14.3. The number of hydrogen-bond acceptors (Lipinski definition) is 30. The predicted octanol–water partition coefficient (Wildman–Crippen LogP) is 16.5. The van der Waals surface area contributed by atoms with Gasteiger partial charge in [0.05, 0.1) is 109 Å². The Bertz CT molecular complexity index is 4890. The zero-order valence-electron chi connectivity index (χ0n) is 87.5. The number of carbonyl (C=O) groups excluding carboxylic acids is 9. The molecule has 6 heterocycles. The van der Waals surface area contributed by atoms with E-state index in [1.165, 1.54) is 88.0 Å². The lowest BCUT2D eigenvalue weighted by Gasteiger charge is -2.40. The van der Waals surface area contributed by atoms with Crippen LogP contribution in [-0.4, -0.2) is 240 Å². The average Bonchev–Trinajstić information content (AvgIpc) is 1.67. The molecule has 0 spiro atoms. The van der Waals surface area contributed by atoms with Crippen molar-refractivity contribution in [3.63, 3.8) is 0 Å². The summed E-state index contributed by atoms with van der Waals surface area (Å²) in [5, 5.41) is 27.0. The number of nitrogens with one attached hydrogen (secondary N) is 3. The van der Waals surface area contributed by atoms with Crippen LogP contribution in [0.3, 0.4) is 0 Å². The second kappa shape index (κ2) is 56.6. The molecule has 0 radical (unpaired) electrons. The van der Waals surface area contributed by atoms with Crippen molar-refractivity contribution in [1.29, 1.82) is 0 Å². The number of nitrogens with two attached hydrogens (primary N) is 2. The molecule has 8 atom stereocenters. The summed E-state index contributed by atoms with van der Waals surface area (Å²) in [5.41, 5.74) is 11.0. The highest BCUT2D eigenvalue weighted by molar-refractivity contribution is 7.16. The minimum Gasteiger partial charge on any atom is -0.480 e. The number of carboxylic acids is 2. The van der Waals surface area contributed by atoms with Crippen molar-refractivity contribution < 1.29 is 110 Å². The van der Waals surface area contributed by atoms with Crippen LogP contribution in [0.25, 0.3) is 0 Å². The minimum atomic E-state index is -1.04. The van der Waals surface area contributed by atoms with E-state index in [1.807, 2.05) is 156 Å². The smallest absolute Gasteiger partial charge is 0.350 e. The molecule has 4 aromatic heterocycles. The molecule has 1 saturated carbocycles. The molecular weight excluding hydrogens is 1830 g/mol. The number of hydrogen-bond donors (Lipinski definition) is 7. The quantitative estimate of drug-likeness (QED) is 0.0166. The lowest BCUT2D eigenvalue weighted by Crippen LogP contribution is -2.57. The lowest BCUT2D eigenvalue weighted by molar-refractivity contribution is -0.160. The zero-order chi connectivity index (χ0) is 105. The average molecular weight is 1990 g/mol. The molecule has 35 heteroatoms. The normalized spacial score (nSPS) is 16.2. The first-order chi connectivity index (χ1) is 63.2. The van der Waals surface area contributed by atoms with Gasteiger partial charge in [-0.1, -0.05) is 110 Å². The highest BCUT2D eigenvalue weighted by atomic mass is 32.1. The second-order valence-electron chi connectivity index (χ2n) is 40.9. The van der Waals surface area contributed by atoms with Crippen LogP contribution in [0, 0.1) is 105 Å². The molecule has 9 N–H and O–H groups in total. The van der Waals surface area contributed by atoms with Crippen molar-refractivity contribution >= 4 is 134 Å². The molecule has 4 aromatic rings. The Morgan fingerprint density at radius 1 is 0.416 bits per heavy atom. The van der Waals surface area contributed by atoms with E-state index in [0.29, 0.717) is 111 Å². The Labute approximate surface area is 830 Å². The summed E-state index contributed by atoms with van der Waals surface area (Å²) in [6.07, 6.45) is 2.76. The molecule has 31 nitrogen and oxygen atoms in total. The van der Waals surface area contributed by atoms with Crippen molar-refractivity contribution in [2.45, 2.75) is 286 Å². The Hall–Kier alpha value is -9.63. The molecule has 2 saturated heterocycles. The highest BCUT2D eigenvalue weighted by Crippen LogP contribution is 2.40. The van der Waals surface area contributed by atoms with E-state index in [1.54, 1.807) is 76.5 Å². The number of esters is 6. The standard InChI is InChI=1S/C29H42N2O5S.C21H30N2O4S.C21H31NO4S.C17H23NO4S.C9H19NO3.C5H11NO3/c1-19(2)24(27(33)30-14-16-36-17-15-30)31(26(32)21-10-8-20(3)9-11-21)23-18-22(12-13-29(4,5)6)37-25(23)28(34)35-7;1-14(2)17(19(24)23-9-11-27-12-10-23)22-16-13-15(7-8-21(3,4)5)28-18(16)20(25)26-6;1-13(2)16(18(23)26-21(6,7)8)22-15-12-14(10-11-20(3,4)5)27-17(15)19(24)25-9;1-10(2)13(15(19)20)18-12-9-11(7-8-17(3,4)5)23-14(12)16(21)22-6;1-6(12-5)7(10)8(11)13-9(2,3)4;1-3(9-2)4(6)5(7)8/h18-21,24H,8-11,14-17H2,1-7H3;13-14,17,22H,9-12H2,1-6H3;12-13,16,22H,1-9H3;9-10,13,18H,1-6H3,(H,19,20);6-7H,10H2,1-5H3;3-4H,6H2,1-2H3,(H,7,8)/t20?,21?,24-;17-;16-;13-;6-,7-;3-,4-/m000000/s1. The van der Waals surface area contributed by atoms with E-state index < -0.39 is 95.3 Å². The van der Waals surface area contributed by atoms with Gasteiger partial charge in [-0.25, -0.2) is 28.8 Å². The van der Waals surface area contributed by atoms with E-state index in [9.17, 15) is 57.8 Å². The molecule has 0 aromatic carbocycles. The van der Waals surface area contributed by atoms with E-state index in [0.717, 1.165) is 35.4 Å². The number of methoxy groups -OCH3 is 6. The van der Waals surface area contributed by atoms with E-state index in [4.69, 9.17) is 59.2 Å². The third-order valence-electron chi connectivity index (χ3n) is 20.1. The van der Waals surface area contributed by atoms with Crippen LogP contribution in [0.15, 0.2) is 24.3 Å². The van der Waals surface area contributed by atoms with Gasteiger partial charge in [0.25, 0.3) is 0 Å². The van der Waals surface area contributed by atoms with Gasteiger partial charge in [0, 0.05) is 68.0 Å². The Morgan fingerprint density at radius 2 is 0.723 bits per heavy atom. The predicted molar refractivity (Wildman–Crippen MR) is 543 cm³/mol. The van der Waals surface area contributed by atoms with Crippen molar-refractivity contribution in [2.75, 3.05) is 116 Å². The van der Waals surface area contributed by atoms with Gasteiger partial charge in [-0.05, 0) is 218 Å². The molecule has 1 aliphatic carbocycles. The SMILES string of the molecule is COC(=O)c1sc(C#CC(C)(C)C)cc1N(C(=O)C1CCC(C)CC1)[C@H](C(=O)N1CCOCC1)C(C)C.COC(=O)c1sc(C#CC(C)(C)C)cc1N[C@H](C(=O)N1CCOCC1)C(C)C.COC(=O)c1sc(C#CC(C)(C)C)cc1N[C@H](C(=O)O)C(C)C.COC(=O)c1sc(C#CC(C)(C)C)cc1N[C@H](C(=O)OC(C)(C)C)C(C)C.CO[C@@H](C)[C@H](N)C(=O)O.CO[C@@H](C)[C@H](N)C(=O)OC(C)(C)C. The summed E-state index contributed by atoms with van der Waals surface area (Å²) >= 11 is 4.94. The molecule has 137 heavy (non-hydrogen) atoms. The summed E-state index contributed by atoms with van der Waals surface area (Å²) in [7, 11) is 8.25. The number of anilines is 4. The molecule has 0 unspecified atom stereocenters. The van der Waals surface area contributed by atoms with Gasteiger partial charge in [-0.2, -0.15) is 0 Å². The van der Waals surface area contributed by atoms with Crippen LogP contribution in [0.5, 0.6) is 0 Å². The Morgan fingerprint density at radius 3 is 1.02 bits per heavy atom. The minimum absolute atomic E-state index is 0.0163. The fourth-order valence-electron chi connectivity index (χ4n) is 12.5. The number of rotatable bonds is 27. The summed E-state index contributed by atoms with van der Waals surface area (Å²) < 4.78 is 50.7. The van der Waals surface area contributed by atoms with Gasteiger partial charge >= 0.3 is 47.8 Å². The van der Waals surface area contributed by atoms with Crippen molar-refractivity contribution in [1.82, 2.24) is 9.80 Å². The molecule has 7 rings (SSSR count). The number of morpholine rings is 2. The van der Waals surface area contributed by atoms with Crippen molar-refractivity contribution in [3.05, 3.63) is 63.3 Å². The van der Waals surface area contributed by atoms with Crippen LogP contribution in [0.2, 0.25) is 0 Å². The van der Waals surface area contributed by atoms with Crippen LogP contribution < -0.4 is 32.3 Å². The van der Waals surface area contributed by atoms with Gasteiger partial charge in [0.1, 0.15) is 67.0 Å². The second-order valence-corrected chi connectivity index (χ2v) is 45.1. The fourth-order valence-corrected chi connectivity index (χ4v) is 16.1. The third kappa shape index (κ3) is 44.2. The maximum absolute atomic E-state index is 14.3. The largest absolute Gasteiger partial charge is 0.480 e. The van der Waals surface area contributed by atoms with Crippen molar-refractivity contribution in [3.8, 4) is 47.4 Å². The first-order valence-electron chi connectivity index (χ1n) is 46.0. The summed E-state index contributed by atoms with van der Waals surface area (Å²) in [4.78, 5) is 145. The molecular formula is C102H156N8O23S4. The van der Waals surface area contributed by atoms with E-state index in [2.05, 4.69) is 75.0 Å². The molecule has 2 aliphatic heterocycles. The lowest BCUT2D eigenvalue weighted by atomic mass is 9.81. The first kappa shape index (κ1) is 123. The number of nitrogens with zero attached hydrogens (tertiary/aromatic N) is 3. The number of carbonyl (C=O) groups is 11. The van der Waals surface area contributed by atoms with Crippen molar-refractivity contribution in [2.24, 2.45) is 68.6 Å². The Kier molecular flexibility index (Phi) is 51.0. The van der Waals surface area contributed by atoms with Gasteiger partial charge in [-0.15, -0.1) is 45.3 Å². The number of aliphatic carboxylic acids is 2. The molecule has 3 aliphatic rings. The molecule has 0 bridgehead atoms. The number of ether oxygens (including phenoxy) is 10. The monoisotopic (exact) mass is 1990 g/mol. The third-order valence-corrected chi connectivity index (χ3v) is 24.3. The fraction of sp³-hybridized carbons (Fsp3) is 0.657. The maximum Gasteiger partial charge on any atom is 0.350 e. The summed E-state index contributed by atoms with van der Waals surface area (Å²) in [6, 6.07) is 2.90. The highest BCUT2D eigenvalue weighted by Gasteiger charge is 2.43. The number of amides is 3. The van der Waals surface area contributed by atoms with Gasteiger partial charge in [0.15, 0.2) is 0 Å². The van der Waals surface area contributed by atoms with Gasteiger partial charge < -0.3 is 94.8 Å². The van der Waals surface area contributed by atoms with Gasteiger partial charge in [-0.3, -0.25) is 28.9 Å². The van der Waals surface area contributed by atoms with Gasteiger partial charge in [0.2, 0.25) is 17.7 Å². The summed E-state index contributed by atoms with van der Waals surface area (Å²) in [5.74, 6) is 20.3. The molecule has 766 valence electrons. The number of thiophene rings is 4. The first-order valence-corrected chi connectivity index (χ1v) is 49.3. The Balaban J connectivity index is 0.000000581.